The maximum Gasteiger partial charge on any atom is 0.259 e. The minimum atomic E-state index is -0.148. The van der Waals surface area contributed by atoms with Gasteiger partial charge < -0.3 is 15.0 Å². The molecule has 1 saturated heterocycles. The lowest BCUT2D eigenvalue weighted by molar-refractivity contribution is -0.135. The summed E-state index contributed by atoms with van der Waals surface area (Å²) in [4.78, 5) is 27.8. The van der Waals surface area contributed by atoms with Gasteiger partial charge in [0.1, 0.15) is 5.75 Å². The zero-order valence-electron chi connectivity index (χ0n) is 19.0. The summed E-state index contributed by atoms with van der Waals surface area (Å²) < 4.78 is 6.88. The van der Waals surface area contributed by atoms with Crippen LogP contribution in [-0.2, 0) is 18.3 Å². The summed E-state index contributed by atoms with van der Waals surface area (Å²) in [5, 5.41) is 7.54. The van der Waals surface area contributed by atoms with Gasteiger partial charge >= 0.3 is 0 Å². The lowest BCUT2D eigenvalue weighted by Crippen LogP contribution is -2.41. The molecule has 0 bridgehead atoms. The Bertz CT molecular complexity index is 1000. The third kappa shape index (κ3) is 4.00. The summed E-state index contributed by atoms with van der Waals surface area (Å²) in [6.07, 6.45) is 9.42. The molecule has 1 N–H and O–H groups in total. The minimum absolute atomic E-state index is 0.148. The second kappa shape index (κ2) is 8.26. The fraction of sp³-hybridized carbons (Fsp3) is 0.560. The van der Waals surface area contributed by atoms with Crippen molar-refractivity contribution in [3.8, 4) is 5.75 Å². The predicted octanol–water partition coefficient (Wildman–Crippen LogP) is 3.65. The average molecular weight is 437 g/mol. The van der Waals surface area contributed by atoms with Gasteiger partial charge in [0, 0.05) is 37.9 Å². The molecule has 2 heterocycles. The molecule has 2 amide bonds. The highest BCUT2D eigenvalue weighted by molar-refractivity contribution is 6.05. The minimum Gasteiger partial charge on any atom is -0.497 e. The number of carbonyl (C=O) groups is 2. The van der Waals surface area contributed by atoms with Crippen molar-refractivity contribution in [3.63, 3.8) is 0 Å². The SMILES string of the molecule is COc1ccc(NC(=O)c2cn(C)nc2CC2CCN(C(=O)[C@@H]3CC34CCC4)CC2)cc1. The number of anilines is 1. The van der Waals surface area contributed by atoms with Gasteiger partial charge in [-0.05, 0) is 74.1 Å². The Kier molecular flexibility index (Phi) is 5.43. The van der Waals surface area contributed by atoms with Crippen LogP contribution in [0.4, 0.5) is 5.69 Å². The second-order valence-electron chi connectivity index (χ2n) is 9.79. The molecule has 0 unspecified atom stereocenters. The van der Waals surface area contributed by atoms with Crippen LogP contribution in [0.1, 0.15) is 54.6 Å². The van der Waals surface area contributed by atoms with Crippen molar-refractivity contribution in [2.45, 2.75) is 44.9 Å². The first-order valence-electron chi connectivity index (χ1n) is 11.7. The summed E-state index contributed by atoms with van der Waals surface area (Å²) in [5.74, 6) is 1.74. The summed E-state index contributed by atoms with van der Waals surface area (Å²) in [5.41, 5.74) is 2.57. The van der Waals surface area contributed by atoms with Gasteiger partial charge in [-0.25, -0.2) is 0 Å². The highest BCUT2D eigenvalue weighted by Gasteiger charge is 2.61. The Morgan fingerprint density at radius 2 is 1.91 bits per heavy atom. The topological polar surface area (TPSA) is 76.5 Å². The molecular weight excluding hydrogens is 404 g/mol. The molecule has 1 aliphatic heterocycles. The van der Waals surface area contributed by atoms with E-state index in [1.807, 2.05) is 31.3 Å². The lowest BCUT2D eigenvalue weighted by Gasteiger charge is -2.34. The molecule has 1 spiro atoms. The Morgan fingerprint density at radius 1 is 1.19 bits per heavy atom. The van der Waals surface area contributed by atoms with Gasteiger partial charge in [0.25, 0.3) is 5.91 Å². The fourth-order valence-electron chi connectivity index (χ4n) is 5.48. The average Bonchev–Trinajstić information content (AvgIpc) is 3.45. The van der Waals surface area contributed by atoms with E-state index in [1.54, 1.807) is 18.0 Å². The number of rotatable bonds is 6. The van der Waals surface area contributed by atoms with Gasteiger partial charge in [-0.15, -0.1) is 0 Å². The van der Waals surface area contributed by atoms with Crippen molar-refractivity contribution in [1.82, 2.24) is 14.7 Å². The van der Waals surface area contributed by atoms with Gasteiger partial charge in [-0.1, -0.05) is 6.42 Å². The fourth-order valence-corrected chi connectivity index (χ4v) is 5.48. The number of hydrogen-bond donors (Lipinski definition) is 1. The van der Waals surface area contributed by atoms with Crippen LogP contribution in [0, 0.1) is 17.3 Å². The van der Waals surface area contributed by atoms with E-state index in [4.69, 9.17) is 4.74 Å². The number of nitrogens with zero attached hydrogens (tertiary/aromatic N) is 3. The van der Waals surface area contributed by atoms with Crippen molar-refractivity contribution < 1.29 is 14.3 Å². The largest absolute Gasteiger partial charge is 0.497 e. The molecule has 2 saturated carbocycles. The van der Waals surface area contributed by atoms with Crippen LogP contribution in [0.5, 0.6) is 5.75 Å². The standard InChI is InChI=1S/C25H32N4O3/c1-28-16-20(23(30)26-18-4-6-19(32-2)7-5-18)22(27-28)14-17-8-12-29(13-9-17)24(31)21-15-25(21)10-3-11-25/h4-7,16-17,21H,3,8-15H2,1-2H3,(H,26,30)/t21-/m0/s1. The number of nitrogens with one attached hydrogen (secondary N) is 1. The number of likely N-dealkylation sites (tertiary alicyclic amines) is 1. The zero-order valence-corrected chi connectivity index (χ0v) is 19.0. The summed E-state index contributed by atoms with van der Waals surface area (Å²) in [6, 6.07) is 7.30. The first kappa shape index (κ1) is 21.0. The molecule has 3 aliphatic rings. The van der Waals surface area contributed by atoms with Crippen LogP contribution in [-0.4, -0.2) is 46.7 Å². The van der Waals surface area contributed by atoms with Gasteiger partial charge in [-0.3, -0.25) is 14.3 Å². The van der Waals surface area contributed by atoms with E-state index in [1.165, 1.54) is 19.3 Å². The molecule has 170 valence electrons. The Labute approximate surface area is 189 Å². The quantitative estimate of drug-likeness (QED) is 0.750. The third-order valence-electron chi connectivity index (χ3n) is 7.74. The van der Waals surface area contributed by atoms with Crippen LogP contribution >= 0.6 is 0 Å². The normalized spacial score (nSPS) is 21.8. The molecule has 1 aromatic carbocycles. The monoisotopic (exact) mass is 436 g/mol. The number of methoxy groups -OCH3 is 1. The van der Waals surface area contributed by atoms with Crippen molar-refractivity contribution in [1.29, 1.82) is 0 Å². The Hall–Kier alpha value is -2.83. The van der Waals surface area contributed by atoms with Crippen molar-refractivity contribution in [2.75, 3.05) is 25.5 Å². The number of hydrogen-bond acceptors (Lipinski definition) is 4. The van der Waals surface area contributed by atoms with Gasteiger partial charge in [0.2, 0.25) is 5.91 Å². The first-order valence-corrected chi connectivity index (χ1v) is 11.7. The first-order chi connectivity index (χ1) is 15.5. The van der Waals surface area contributed by atoms with E-state index in [9.17, 15) is 9.59 Å². The van der Waals surface area contributed by atoms with E-state index in [0.717, 1.165) is 55.9 Å². The van der Waals surface area contributed by atoms with E-state index < -0.39 is 0 Å². The number of aromatic nitrogens is 2. The molecule has 3 fully saturated rings. The smallest absolute Gasteiger partial charge is 0.259 e. The molecule has 2 aromatic rings. The van der Waals surface area contributed by atoms with Crippen molar-refractivity contribution in [2.24, 2.45) is 24.3 Å². The van der Waals surface area contributed by atoms with Crippen LogP contribution in [0.25, 0.3) is 0 Å². The molecular formula is C25H32N4O3. The highest BCUT2D eigenvalue weighted by Crippen LogP contribution is 2.66. The van der Waals surface area contributed by atoms with Gasteiger partial charge in [0.05, 0.1) is 18.4 Å². The van der Waals surface area contributed by atoms with Gasteiger partial charge in [0.15, 0.2) is 0 Å². The molecule has 5 rings (SSSR count). The highest BCUT2D eigenvalue weighted by atomic mass is 16.5. The van der Waals surface area contributed by atoms with E-state index in [2.05, 4.69) is 15.3 Å². The Balaban J connectivity index is 1.17. The number of amides is 2. The summed E-state index contributed by atoms with van der Waals surface area (Å²) >= 11 is 0. The van der Waals surface area contributed by atoms with Crippen LogP contribution in [0.3, 0.4) is 0 Å². The predicted molar refractivity (Wildman–Crippen MR) is 122 cm³/mol. The lowest BCUT2D eigenvalue weighted by atomic mass is 9.79. The number of benzene rings is 1. The number of aryl methyl sites for hydroxylation is 1. The van der Waals surface area contributed by atoms with Crippen LogP contribution < -0.4 is 10.1 Å². The molecule has 7 nitrogen and oxygen atoms in total. The maximum absolute atomic E-state index is 12.9. The molecule has 7 heteroatoms. The van der Waals surface area contributed by atoms with E-state index in [0.29, 0.717) is 28.7 Å². The molecule has 1 atom stereocenters. The summed E-state index contributed by atoms with van der Waals surface area (Å²) in [7, 11) is 3.47. The number of ether oxygens (including phenoxy) is 1. The molecule has 0 radical (unpaired) electrons. The molecule has 2 aliphatic carbocycles. The van der Waals surface area contributed by atoms with Crippen molar-refractivity contribution in [3.05, 3.63) is 41.7 Å². The van der Waals surface area contributed by atoms with Crippen LogP contribution in [0.2, 0.25) is 0 Å². The zero-order chi connectivity index (χ0) is 22.3. The summed E-state index contributed by atoms with van der Waals surface area (Å²) in [6.45, 7) is 1.66. The number of carbonyl (C=O) groups excluding carboxylic acids is 2. The Morgan fingerprint density at radius 3 is 2.50 bits per heavy atom. The van der Waals surface area contributed by atoms with E-state index in [-0.39, 0.29) is 5.91 Å². The second-order valence-corrected chi connectivity index (χ2v) is 9.79. The van der Waals surface area contributed by atoms with E-state index >= 15 is 0 Å². The van der Waals surface area contributed by atoms with Gasteiger partial charge in [-0.2, -0.15) is 5.10 Å². The molecule has 32 heavy (non-hydrogen) atoms. The van der Waals surface area contributed by atoms with Crippen LogP contribution in [0.15, 0.2) is 30.5 Å². The molecule has 1 aromatic heterocycles. The van der Waals surface area contributed by atoms with Crippen molar-refractivity contribution >= 4 is 17.5 Å². The third-order valence-corrected chi connectivity index (χ3v) is 7.74. The number of piperidine rings is 1. The maximum atomic E-state index is 12.9.